The van der Waals surface area contributed by atoms with Gasteiger partial charge in [0.25, 0.3) is 0 Å². The number of nitrogens with two attached hydrogens (primary N) is 1. The van der Waals surface area contributed by atoms with Crippen LogP contribution in [0.2, 0.25) is 0 Å². The predicted molar refractivity (Wildman–Crippen MR) is 142 cm³/mol. The molecule has 2 heterocycles. The van der Waals surface area contributed by atoms with Gasteiger partial charge in [0.1, 0.15) is 17.5 Å². The van der Waals surface area contributed by atoms with Crippen LogP contribution in [-0.4, -0.2) is 46.6 Å². The van der Waals surface area contributed by atoms with Crippen molar-refractivity contribution < 1.29 is 9.53 Å². The van der Waals surface area contributed by atoms with Crippen molar-refractivity contribution in [1.29, 1.82) is 0 Å². The minimum absolute atomic E-state index is 0.00148. The molecule has 2 bridgehead atoms. The van der Waals surface area contributed by atoms with Gasteiger partial charge in [0.15, 0.2) is 0 Å². The molecular formula is C28H38N6O2. The molecule has 8 heteroatoms. The van der Waals surface area contributed by atoms with E-state index >= 15 is 0 Å². The number of aliphatic imine (C=N–C) groups is 1. The zero-order valence-corrected chi connectivity index (χ0v) is 22.2. The van der Waals surface area contributed by atoms with Crippen molar-refractivity contribution in [2.45, 2.75) is 72.4 Å². The van der Waals surface area contributed by atoms with E-state index in [0.29, 0.717) is 23.8 Å². The summed E-state index contributed by atoms with van der Waals surface area (Å²) in [4.78, 5) is 22.5. The molecule has 1 amide bonds. The molecule has 2 aliphatic carbocycles. The molecule has 2 saturated carbocycles. The van der Waals surface area contributed by atoms with Crippen LogP contribution >= 0.6 is 0 Å². The van der Waals surface area contributed by atoms with E-state index in [2.05, 4.69) is 43.1 Å². The van der Waals surface area contributed by atoms with Crippen molar-refractivity contribution in [2.75, 3.05) is 7.11 Å². The standard InChI is InChI=1S/C28H38N6O2/c1-17-15-34(16-31-17)22-8-7-18(11-23(22)36-6)21(33-29)14-30-20-13-26(2,3)28-10-9-19(12-28)27(4,5)25(28)32-24(20)35/h7-8,11,14-16,19-20,25H,9-10,12-13,29H2,1-6H3,(H,32,35)/b30-14?,33-21+. The molecule has 8 nitrogen and oxygen atoms in total. The molecule has 4 unspecified atom stereocenters. The number of aromatic nitrogens is 2. The minimum Gasteiger partial charge on any atom is -0.495 e. The van der Waals surface area contributed by atoms with Gasteiger partial charge < -0.3 is 20.5 Å². The first-order valence-electron chi connectivity index (χ1n) is 12.8. The van der Waals surface area contributed by atoms with Gasteiger partial charge in [-0.05, 0) is 66.9 Å². The van der Waals surface area contributed by atoms with E-state index in [-0.39, 0.29) is 28.2 Å². The van der Waals surface area contributed by atoms with Gasteiger partial charge in [-0.25, -0.2) is 4.98 Å². The van der Waals surface area contributed by atoms with Crippen molar-refractivity contribution >= 4 is 17.8 Å². The van der Waals surface area contributed by atoms with Crippen LogP contribution in [0, 0.1) is 29.1 Å². The first-order chi connectivity index (χ1) is 17.0. The van der Waals surface area contributed by atoms with Gasteiger partial charge in [0.2, 0.25) is 5.91 Å². The molecule has 1 spiro atoms. The number of fused-ring (bicyclic) bond motifs is 1. The number of nitrogens with zero attached hydrogens (tertiary/aromatic N) is 4. The Balaban J connectivity index is 1.41. The van der Waals surface area contributed by atoms with Gasteiger partial charge >= 0.3 is 0 Å². The molecular weight excluding hydrogens is 452 g/mol. The third kappa shape index (κ3) is 3.64. The lowest BCUT2D eigenvalue weighted by Crippen LogP contribution is -2.56. The highest BCUT2D eigenvalue weighted by Crippen LogP contribution is 2.70. The topological polar surface area (TPSA) is 107 Å². The summed E-state index contributed by atoms with van der Waals surface area (Å²) in [5, 5.41) is 7.42. The molecule has 1 aromatic heterocycles. The fraction of sp³-hybridized carbons (Fsp3) is 0.571. The summed E-state index contributed by atoms with van der Waals surface area (Å²) in [6, 6.07) is 5.44. The van der Waals surface area contributed by atoms with Crippen molar-refractivity contribution in [1.82, 2.24) is 14.9 Å². The Morgan fingerprint density at radius 3 is 2.72 bits per heavy atom. The third-order valence-corrected chi connectivity index (χ3v) is 9.52. The number of hydrogen-bond donors (Lipinski definition) is 2. The van der Waals surface area contributed by atoms with Crippen LogP contribution in [0.4, 0.5) is 0 Å². The number of carbonyl (C=O) groups is 1. The Hall–Kier alpha value is -3.16. The molecule has 5 rings (SSSR count). The number of hydrogen-bond acceptors (Lipinski definition) is 6. The first-order valence-corrected chi connectivity index (χ1v) is 12.8. The molecule has 3 N–H and O–H groups in total. The number of ether oxygens (including phenoxy) is 1. The Morgan fingerprint density at radius 2 is 2.06 bits per heavy atom. The van der Waals surface area contributed by atoms with Gasteiger partial charge in [0, 0.05) is 17.8 Å². The van der Waals surface area contributed by atoms with Gasteiger partial charge in [0.05, 0.1) is 31.0 Å². The molecule has 3 aliphatic rings. The SMILES string of the molecule is COc1cc(/C(C=NC2CC(C)(C)C34CCC(C3)C(C)(C)C4NC2=O)=N/N)ccc1-n1cnc(C)c1. The van der Waals surface area contributed by atoms with Crippen LogP contribution in [-0.2, 0) is 4.79 Å². The summed E-state index contributed by atoms with van der Waals surface area (Å²) in [6.07, 6.45) is 9.64. The molecule has 192 valence electrons. The van der Waals surface area contributed by atoms with Crippen molar-refractivity contribution in [2.24, 2.45) is 38.1 Å². The van der Waals surface area contributed by atoms with Crippen LogP contribution in [0.1, 0.15) is 64.6 Å². The maximum atomic E-state index is 13.4. The van der Waals surface area contributed by atoms with E-state index in [0.717, 1.165) is 16.9 Å². The molecule has 1 saturated heterocycles. The van der Waals surface area contributed by atoms with Crippen LogP contribution in [0.25, 0.3) is 5.69 Å². The maximum absolute atomic E-state index is 13.4. The van der Waals surface area contributed by atoms with E-state index in [4.69, 9.17) is 15.6 Å². The van der Waals surface area contributed by atoms with Gasteiger partial charge in [-0.15, -0.1) is 0 Å². The lowest BCUT2D eigenvalue weighted by atomic mass is 9.56. The Labute approximate surface area is 213 Å². The predicted octanol–water partition coefficient (Wildman–Crippen LogP) is 4.03. The quantitative estimate of drug-likeness (QED) is 0.375. The number of benzene rings is 1. The smallest absolute Gasteiger partial charge is 0.245 e. The summed E-state index contributed by atoms with van der Waals surface area (Å²) >= 11 is 0. The molecule has 3 fully saturated rings. The van der Waals surface area contributed by atoms with Crippen molar-refractivity contribution in [3.05, 3.63) is 42.0 Å². The van der Waals surface area contributed by atoms with Crippen LogP contribution in [0.15, 0.2) is 40.8 Å². The average molecular weight is 491 g/mol. The van der Waals surface area contributed by atoms with E-state index in [9.17, 15) is 4.79 Å². The third-order valence-electron chi connectivity index (χ3n) is 9.52. The van der Waals surface area contributed by atoms with E-state index in [1.54, 1.807) is 19.7 Å². The van der Waals surface area contributed by atoms with Gasteiger partial charge in [-0.3, -0.25) is 9.79 Å². The van der Waals surface area contributed by atoms with E-state index < -0.39 is 6.04 Å². The number of nitrogens with one attached hydrogen (secondary N) is 1. The number of amides is 1. The molecule has 0 radical (unpaired) electrons. The Kier molecular flexibility index (Phi) is 5.76. The molecule has 2 aromatic rings. The largest absolute Gasteiger partial charge is 0.495 e. The number of methoxy groups -OCH3 is 1. The second-order valence-electron chi connectivity index (χ2n) is 12.1. The van der Waals surface area contributed by atoms with E-state index in [1.807, 2.05) is 35.9 Å². The Bertz CT molecular complexity index is 1240. The zero-order valence-electron chi connectivity index (χ0n) is 22.2. The number of imidazole rings is 1. The number of rotatable bonds is 5. The first kappa shape index (κ1) is 24.5. The summed E-state index contributed by atoms with van der Waals surface area (Å²) in [6.45, 7) is 11.2. The van der Waals surface area contributed by atoms with Crippen LogP contribution < -0.4 is 15.9 Å². The fourth-order valence-electron chi connectivity index (χ4n) is 7.33. The lowest BCUT2D eigenvalue weighted by Gasteiger charge is -2.50. The van der Waals surface area contributed by atoms with E-state index in [1.165, 1.54) is 19.3 Å². The highest BCUT2D eigenvalue weighted by Gasteiger charge is 2.68. The molecule has 1 aromatic carbocycles. The summed E-state index contributed by atoms with van der Waals surface area (Å²) in [7, 11) is 1.63. The highest BCUT2D eigenvalue weighted by molar-refractivity contribution is 6.38. The normalized spacial score (nSPS) is 30.8. The fourth-order valence-corrected chi connectivity index (χ4v) is 7.33. The molecule has 1 aliphatic heterocycles. The van der Waals surface area contributed by atoms with Crippen molar-refractivity contribution in [3.8, 4) is 11.4 Å². The summed E-state index contributed by atoms with van der Waals surface area (Å²) < 4.78 is 7.55. The highest BCUT2D eigenvalue weighted by atomic mass is 16.5. The number of carbonyl (C=O) groups excluding carboxylic acids is 1. The average Bonchev–Trinajstić information content (AvgIpc) is 3.52. The lowest BCUT2D eigenvalue weighted by molar-refractivity contribution is -0.124. The maximum Gasteiger partial charge on any atom is 0.245 e. The second kappa shape index (κ2) is 8.46. The van der Waals surface area contributed by atoms with Crippen molar-refractivity contribution in [3.63, 3.8) is 0 Å². The van der Waals surface area contributed by atoms with Gasteiger partial charge in [-0.1, -0.05) is 33.8 Å². The number of aryl methyl sites for hydroxylation is 1. The number of hydrazone groups is 1. The minimum atomic E-state index is -0.485. The molecule has 36 heavy (non-hydrogen) atoms. The molecule has 4 atom stereocenters. The monoisotopic (exact) mass is 490 g/mol. The van der Waals surface area contributed by atoms with Crippen LogP contribution in [0.3, 0.4) is 0 Å². The summed E-state index contributed by atoms with van der Waals surface area (Å²) in [5.41, 5.74) is 3.25. The second-order valence-corrected chi connectivity index (χ2v) is 12.1. The summed E-state index contributed by atoms with van der Waals surface area (Å²) in [5.74, 6) is 7.12. The Morgan fingerprint density at radius 1 is 1.28 bits per heavy atom. The van der Waals surface area contributed by atoms with Crippen LogP contribution in [0.5, 0.6) is 5.75 Å². The zero-order chi connectivity index (χ0) is 25.9. The van der Waals surface area contributed by atoms with Gasteiger partial charge in [-0.2, -0.15) is 5.10 Å².